The summed E-state index contributed by atoms with van der Waals surface area (Å²) in [4.78, 5) is 0. The summed E-state index contributed by atoms with van der Waals surface area (Å²) in [6.07, 6.45) is 6.98. The second-order valence-corrected chi connectivity index (χ2v) is 3.73. The molecular weight excluding hydrogens is 156 g/mol. The van der Waals surface area contributed by atoms with E-state index in [4.69, 9.17) is 0 Å². The Labute approximate surface area is 86.1 Å². The molecule has 0 radical (unpaired) electrons. The van der Waals surface area contributed by atoms with Gasteiger partial charge in [0.25, 0.3) is 0 Å². The van der Waals surface area contributed by atoms with E-state index in [1.807, 2.05) is 13.8 Å². The van der Waals surface area contributed by atoms with Crippen LogP contribution < -0.4 is 0 Å². The van der Waals surface area contributed by atoms with Gasteiger partial charge >= 0.3 is 0 Å². The molecule has 0 aliphatic heterocycles. The number of unbranched alkanes of at least 4 members (excludes halogenated alkanes) is 2. The molecule has 0 heteroatoms. The standard InChI is InChI=1S/C6H12.C5H12.C2H6/c1-3-6-4-5(6)2;1-3-5-4-2;1-2/h5-6H,3-4H2,1-2H3;3-5H2,1-2H3;1-2H3. The van der Waals surface area contributed by atoms with E-state index in [1.165, 1.54) is 32.1 Å². The van der Waals surface area contributed by atoms with Crippen LogP contribution in [0.3, 0.4) is 0 Å². The van der Waals surface area contributed by atoms with E-state index in [-0.39, 0.29) is 0 Å². The van der Waals surface area contributed by atoms with Gasteiger partial charge in [-0.25, -0.2) is 0 Å². The summed E-state index contributed by atoms with van der Waals surface area (Å²) < 4.78 is 0. The fourth-order valence-corrected chi connectivity index (χ4v) is 1.32. The number of hydrogen-bond acceptors (Lipinski definition) is 0. The third-order valence-electron chi connectivity index (χ3n) is 2.51. The SMILES string of the molecule is CC.CCC1CC1C.CCCCC. The Kier molecular flexibility index (Phi) is 14.3. The first-order valence-corrected chi connectivity index (χ1v) is 6.26. The van der Waals surface area contributed by atoms with Crippen LogP contribution in [-0.4, -0.2) is 0 Å². The van der Waals surface area contributed by atoms with E-state index < -0.39 is 0 Å². The molecule has 0 spiro atoms. The molecule has 0 saturated heterocycles. The van der Waals surface area contributed by atoms with Crippen molar-refractivity contribution in [2.45, 2.75) is 73.6 Å². The summed E-state index contributed by atoms with van der Waals surface area (Å²) >= 11 is 0. The maximum Gasteiger partial charge on any atom is -0.0388 e. The van der Waals surface area contributed by atoms with Crippen LogP contribution in [0.4, 0.5) is 0 Å². The lowest BCUT2D eigenvalue weighted by atomic mass is 10.3. The molecule has 0 amide bonds. The molecule has 13 heavy (non-hydrogen) atoms. The molecule has 1 aliphatic rings. The van der Waals surface area contributed by atoms with Crippen molar-refractivity contribution in [3.8, 4) is 0 Å². The molecule has 1 saturated carbocycles. The zero-order valence-electron chi connectivity index (χ0n) is 10.7. The maximum absolute atomic E-state index is 2.33. The molecule has 0 N–H and O–H groups in total. The third kappa shape index (κ3) is 12.0. The first-order chi connectivity index (χ1) is 6.26. The Morgan fingerprint density at radius 3 is 1.38 bits per heavy atom. The van der Waals surface area contributed by atoms with Crippen LogP contribution >= 0.6 is 0 Å². The van der Waals surface area contributed by atoms with Gasteiger partial charge in [-0.3, -0.25) is 0 Å². The minimum Gasteiger partial charge on any atom is -0.0683 e. The van der Waals surface area contributed by atoms with Crippen LogP contribution in [0.2, 0.25) is 0 Å². The Morgan fingerprint density at radius 1 is 1.00 bits per heavy atom. The fourth-order valence-electron chi connectivity index (χ4n) is 1.32. The zero-order chi connectivity index (χ0) is 10.7. The highest BCUT2D eigenvalue weighted by molar-refractivity contribution is 4.80. The molecule has 82 valence electrons. The second kappa shape index (κ2) is 12.0. The summed E-state index contributed by atoms with van der Waals surface area (Å²) in [6, 6.07) is 0. The minimum atomic E-state index is 1.06. The summed E-state index contributed by atoms with van der Waals surface area (Å²) in [6.45, 7) is 13.0. The molecule has 0 aromatic heterocycles. The van der Waals surface area contributed by atoms with Crippen molar-refractivity contribution in [2.24, 2.45) is 11.8 Å². The smallest absolute Gasteiger partial charge is 0.0388 e. The topological polar surface area (TPSA) is 0 Å². The Balaban J connectivity index is 0. The number of hydrogen-bond donors (Lipinski definition) is 0. The van der Waals surface area contributed by atoms with Crippen molar-refractivity contribution in [1.82, 2.24) is 0 Å². The zero-order valence-corrected chi connectivity index (χ0v) is 10.7. The van der Waals surface area contributed by atoms with Crippen LogP contribution in [0, 0.1) is 11.8 Å². The highest BCUT2D eigenvalue weighted by Gasteiger charge is 2.29. The Bertz CT molecular complexity index is 72.1. The molecule has 1 rings (SSSR count). The summed E-state index contributed by atoms with van der Waals surface area (Å²) in [7, 11) is 0. The third-order valence-corrected chi connectivity index (χ3v) is 2.51. The molecule has 0 aromatic rings. The predicted molar refractivity (Wildman–Crippen MR) is 64.1 cm³/mol. The van der Waals surface area contributed by atoms with Gasteiger partial charge in [0.1, 0.15) is 0 Å². The quantitative estimate of drug-likeness (QED) is 0.563. The van der Waals surface area contributed by atoms with E-state index >= 15 is 0 Å². The summed E-state index contributed by atoms with van der Waals surface area (Å²) in [5.74, 6) is 2.17. The average Bonchev–Trinajstić information content (AvgIpc) is 2.88. The summed E-state index contributed by atoms with van der Waals surface area (Å²) in [5, 5.41) is 0. The van der Waals surface area contributed by atoms with Crippen molar-refractivity contribution in [2.75, 3.05) is 0 Å². The second-order valence-electron chi connectivity index (χ2n) is 3.73. The monoisotopic (exact) mass is 186 g/mol. The van der Waals surface area contributed by atoms with Crippen LogP contribution in [0.1, 0.15) is 73.6 Å². The van der Waals surface area contributed by atoms with Crippen molar-refractivity contribution in [3.05, 3.63) is 0 Å². The molecule has 0 aromatic carbocycles. The highest BCUT2D eigenvalue weighted by Crippen LogP contribution is 2.39. The molecule has 0 heterocycles. The van der Waals surface area contributed by atoms with Crippen LogP contribution in [0.25, 0.3) is 0 Å². The van der Waals surface area contributed by atoms with E-state index in [1.54, 1.807) is 0 Å². The minimum absolute atomic E-state index is 1.06. The van der Waals surface area contributed by atoms with Gasteiger partial charge in [0.05, 0.1) is 0 Å². The predicted octanol–water partition coefficient (Wildman–Crippen LogP) is 5.28. The van der Waals surface area contributed by atoms with Crippen molar-refractivity contribution < 1.29 is 0 Å². The van der Waals surface area contributed by atoms with Gasteiger partial charge in [0.15, 0.2) is 0 Å². The van der Waals surface area contributed by atoms with Crippen molar-refractivity contribution in [3.63, 3.8) is 0 Å². The largest absolute Gasteiger partial charge is 0.0683 e. The van der Waals surface area contributed by atoms with Gasteiger partial charge in [-0.05, 0) is 18.3 Å². The van der Waals surface area contributed by atoms with E-state index in [0.29, 0.717) is 0 Å². The van der Waals surface area contributed by atoms with Crippen LogP contribution in [0.5, 0.6) is 0 Å². The highest BCUT2D eigenvalue weighted by atomic mass is 14.3. The molecule has 1 fully saturated rings. The van der Waals surface area contributed by atoms with Gasteiger partial charge < -0.3 is 0 Å². The molecule has 2 unspecified atom stereocenters. The average molecular weight is 186 g/mol. The van der Waals surface area contributed by atoms with Gasteiger partial charge in [0, 0.05) is 0 Å². The van der Waals surface area contributed by atoms with E-state index in [0.717, 1.165) is 11.8 Å². The van der Waals surface area contributed by atoms with Crippen LogP contribution in [-0.2, 0) is 0 Å². The molecule has 1 aliphatic carbocycles. The van der Waals surface area contributed by atoms with Crippen molar-refractivity contribution in [1.29, 1.82) is 0 Å². The molecule has 0 bridgehead atoms. The molecule has 0 nitrogen and oxygen atoms in total. The van der Waals surface area contributed by atoms with Crippen LogP contribution in [0.15, 0.2) is 0 Å². The summed E-state index contributed by atoms with van der Waals surface area (Å²) in [5.41, 5.74) is 0. The van der Waals surface area contributed by atoms with E-state index in [2.05, 4.69) is 27.7 Å². The Morgan fingerprint density at radius 2 is 1.38 bits per heavy atom. The van der Waals surface area contributed by atoms with Gasteiger partial charge in [0.2, 0.25) is 0 Å². The van der Waals surface area contributed by atoms with E-state index in [9.17, 15) is 0 Å². The molecular formula is C13H30. The van der Waals surface area contributed by atoms with Gasteiger partial charge in [-0.2, -0.15) is 0 Å². The first kappa shape index (κ1) is 15.5. The van der Waals surface area contributed by atoms with Gasteiger partial charge in [-0.15, -0.1) is 0 Å². The lowest BCUT2D eigenvalue weighted by Crippen LogP contribution is -1.68. The first-order valence-electron chi connectivity index (χ1n) is 6.26. The lowest BCUT2D eigenvalue weighted by Gasteiger charge is -1.79. The Hall–Kier alpha value is 0. The fraction of sp³-hybridized carbons (Fsp3) is 1.00. The maximum atomic E-state index is 2.33. The lowest BCUT2D eigenvalue weighted by molar-refractivity contribution is 0.724. The number of rotatable bonds is 3. The normalized spacial score (nSPS) is 23.5. The van der Waals surface area contributed by atoms with Crippen molar-refractivity contribution >= 4 is 0 Å². The molecule has 2 atom stereocenters. The van der Waals surface area contributed by atoms with Gasteiger partial charge in [-0.1, -0.05) is 67.2 Å².